The summed E-state index contributed by atoms with van der Waals surface area (Å²) in [6.07, 6.45) is 0.536. The van der Waals surface area contributed by atoms with E-state index >= 15 is 0 Å². The van der Waals surface area contributed by atoms with Crippen molar-refractivity contribution in [3.05, 3.63) is 60.2 Å². The third-order valence-electron chi connectivity index (χ3n) is 3.96. The second kappa shape index (κ2) is 10.2. The molecule has 0 aliphatic heterocycles. The smallest absolute Gasteiger partial charge is 0.227 e. The Labute approximate surface area is 167 Å². The fourth-order valence-corrected chi connectivity index (χ4v) is 2.54. The number of carbonyl (C=O) groups excluding carboxylic acids is 1. The molecule has 0 bridgehead atoms. The van der Waals surface area contributed by atoms with Crippen LogP contribution in [0.5, 0.6) is 11.5 Å². The minimum absolute atomic E-state index is 0.137. The minimum Gasteiger partial charge on any atom is -0.494 e. The van der Waals surface area contributed by atoms with Gasteiger partial charge in [-0.15, -0.1) is 0 Å². The fourth-order valence-electron chi connectivity index (χ4n) is 2.54. The second-order valence-electron chi connectivity index (χ2n) is 6.12. The van der Waals surface area contributed by atoms with Crippen LogP contribution in [0.3, 0.4) is 0 Å². The molecule has 1 amide bonds. The molecule has 29 heavy (non-hydrogen) atoms. The summed E-state index contributed by atoms with van der Waals surface area (Å²) in [7, 11) is 0. The van der Waals surface area contributed by atoms with Crippen molar-refractivity contribution in [2.45, 2.75) is 19.8 Å². The van der Waals surface area contributed by atoms with Crippen LogP contribution in [0.25, 0.3) is 11.4 Å². The molecule has 0 spiro atoms. The molecule has 0 radical (unpaired) electrons. The predicted molar refractivity (Wildman–Crippen MR) is 104 cm³/mol. The Morgan fingerprint density at radius 2 is 1.76 bits per heavy atom. The number of ether oxygens (including phenoxy) is 2. The maximum atomic E-state index is 13.0. The van der Waals surface area contributed by atoms with Crippen LogP contribution in [0.4, 0.5) is 4.39 Å². The Morgan fingerprint density at radius 3 is 2.45 bits per heavy atom. The molecule has 0 aliphatic carbocycles. The van der Waals surface area contributed by atoms with E-state index in [1.165, 1.54) is 12.1 Å². The van der Waals surface area contributed by atoms with Gasteiger partial charge in [0.2, 0.25) is 17.6 Å². The zero-order valence-corrected chi connectivity index (χ0v) is 16.1. The fraction of sp³-hybridized carbons (Fsp3) is 0.286. The van der Waals surface area contributed by atoms with Crippen LogP contribution in [0.15, 0.2) is 53.1 Å². The summed E-state index contributed by atoms with van der Waals surface area (Å²) in [6.45, 7) is 3.28. The van der Waals surface area contributed by atoms with Crippen molar-refractivity contribution in [3.63, 3.8) is 0 Å². The Kier molecular flexibility index (Phi) is 7.16. The van der Waals surface area contributed by atoms with Gasteiger partial charge in [-0.05, 0) is 55.5 Å². The molecule has 1 heterocycles. The summed E-state index contributed by atoms with van der Waals surface area (Å²) in [5.41, 5.74) is 0.650. The van der Waals surface area contributed by atoms with E-state index in [0.29, 0.717) is 49.2 Å². The van der Waals surface area contributed by atoms with Crippen molar-refractivity contribution in [1.82, 2.24) is 15.5 Å². The van der Waals surface area contributed by atoms with Gasteiger partial charge in [0.15, 0.2) is 0 Å². The number of nitrogens with zero attached hydrogens (tertiary/aromatic N) is 2. The Hall–Kier alpha value is -3.42. The lowest BCUT2D eigenvalue weighted by atomic mass is 10.2. The molecule has 3 rings (SSSR count). The third kappa shape index (κ3) is 6.31. The molecule has 0 saturated carbocycles. The van der Waals surface area contributed by atoms with Crippen LogP contribution in [-0.2, 0) is 11.2 Å². The molecule has 152 valence electrons. The van der Waals surface area contributed by atoms with Crippen molar-refractivity contribution in [2.75, 3.05) is 19.8 Å². The van der Waals surface area contributed by atoms with Crippen molar-refractivity contribution < 1.29 is 23.2 Å². The van der Waals surface area contributed by atoms with Crippen molar-refractivity contribution in [1.29, 1.82) is 0 Å². The Bertz CT molecular complexity index is 910. The summed E-state index contributed by atoms with van der Waals surface area (Å²) in [6, 6.07) is 13.1. The highest BCUT2D eigenvalue weighted by atomic mass is 19.1. The van der Waals surface area contributed by atoms with E-state index in [0.717, 1.165) is 5.75 Å². The highest BCUT2D eigenvalue weighted by Crippen LogP contribution is 2.18. The maximum Gasteiger partial charge on any atom is 0.227 e. The molecule has 1 aromatic heterocycles. The first kappa shape index (κ1) is 20.3. The van der Waals surface area contributed by atoms with Gasteiger partial charge < -0.3 is 19.3 Å². The van der Waals surface area contributed by atoms with Gasteiger partial charge in [0.25, 0.3) is 0 Å². The number of amides is 1. The highest BCUT2D eigenvalue weighted by molar-refractivity contribution is 5.76. The number of benzene rings is 2. The standard InChI is InChI=1S/C21H22FN3O4/c1-2-27-17-7-9-18(10-8-17)28-14-13-23-19(26)11-12-20-24-21(25-29-20)15-3-5-16(22)6-4-15/h3-10H,2,11-14H2,1H3,(H,23,26). The number of halogens is 1. The topological polar surface area (TPSA) is 86.5 Å². The van der Waals surface area contributed by atoms with E-state index in [9.17, 15) is 9.18 Å². The molecule has 1 N–H and O–H groups in total. The zero-order chi connectivity index (χ0) is 20.5. The van der Waals surface area contributed by atoms with Crippen molar-refractivity contribution >= 4 is 5.91 Å². The van der Waals surface area contributed by atoms with Crippen LogP contribution < -0.4 is 14.8 Å². The molecule has 0 unspecified atom stereocenters. The van der Waals surface area contributed by atoms with Gasteiger partial charge in [0.1, 0.15) is 23.9 Å². The van der Waals surface area contributed by atoms with Crippen LogP contribution >= 0.6 is 0 Å². The number of carbonyl (C=O) groups is 1. The summed E-state index contributed by atoms with van der Waals surface area (Å²) in [5.74, 6) is 1.75. The lowest BCUT2D eigenvalue weighted by Crippen LogP contribution is -2.28. The Balaban J connectivity index is 1.35. The quantitative estimate of drug-likeness (QED) is 0.526. The zero-order valence-electron chi connectivity index (χ0n) is 16.1. The van der Waals surface area contributed by atoms with Crippen LogP contribution in [0.1, 0.15) is 19.2 Å². The first-order chi connectivity index (χ1) is 14.1. The normalized spacial score (nSPS) is 10.6. The number of hydrogen-bond donors (Lipinski definition) is 1. The number of aryl methyl sites for hydroxylation is 1. The van der Waals surface area contributed by atoms with Gasteiger partial charge in [-0.2, -0.15) is 4.98 Å². The first-order valence-electron chi connectivity index (χ1n) is 9.35. The average molecular weight is 399 g/mol. The van der Waals surface area contributed by atoms with Crippen LogP contribution in [0.2, 0.25) is 0 Å². The minimum atomic E-state index is -0.333. The first-order valence-corrected chi connectivity index (χ1v) is 9.35. The Morgan fingerprint density at radius 1 is 1.07 bits per heavy atom. The average Bonchev–Trinajstić information content (AvgIpc) is 3.21. The SMILES string of the molecule is CCOc1ccc(OCCNC(=O)CCc2nc(-c3ccc(F)cc3)no2)cc1. The van der Waals surface area contributed by atoms with E-state index in [1.54, 1.807) is 12.1 Å². The van der Waals surface area contributed by atoms with Crippen molar-refractivity contribution in [2.24, 2.45) is 0 Å². The summed E-state index contributed by atoms with van der Waals surface area (Å²) < 4.78 is 29.0. The van der Waals surface area contributed by atoms with E-state index < -0.39 is 0 Å². The molecule has 3 aromatic rings. The number of nitrogens with one attached hydrogen (secondary N) is 1. The van der Waals surface area contributed by atoms with Crippen molar-refractivity contribution in [3.8, 4) is 22.9 Å². The summed E-state index contributed by atoms with van der Waals surface area (Å²) >= 11 is 0. The van der Waals surface area contributed by atoms with E-state index in [-0.39, 0.29) is 18.1 Å². The van der Waals surface area contributed by atoms with Crippen LogP contribution in [0, 0.1) is 5.82 Å². The molecular formula is C21H22FN3O4. The van der Waals surface area contributed by atoms with Gasteiger partial charge in [-0.1, -0.05) is 5.16 Å². The van der Waals surface area contributed by atoms with Gasteiger partial charge in [-0.3, -0.25) is 4.79 Å². The van der Waals surface area contributed by atoms with Gasteiger partial charge in [0.05, 0.1) is 13.2 Å². The molecular weight excluding hydrogens is 377 g/mol. The maximum absolute atomic E-state index is 13.0. The number of aromatic nitrogens is 2. The molecule has 2 aromatic carbocycles. The van der Waals surface area contributed by atoms with E-state index in [1.807, 2.05) is 31.2 Å². The number of hydrogen-bond acceptors (Lipinski definition) is 6. The predicted octanol–water partition coefficient (Wildman–Crippen LogP) is 3.40. The monoisotopic (exact) mass is 399 g/mol. The molecule has 7 nitrogen and oxygen atoms in total. The lowest BCUT2D eigenvalue weighted by Gasteiger charge is -2.08. The summed E-state index contributed by atoms with van der Waals surface area (Å²) in [5, 5.41) is 6.63. The van der Waals surface area contributed by atoms with Gasteiger partial charge in [-0.25, -0.2) is 4.39 Å². The van der Waals surface area contributed by atoms with Gasteiger partial charge in [0, 0.05) is 18.4 Å². The van der Waals surface area contributed by atoms with Gasteiger partial charge >= 0.3 is 0 Å². The largest absolute Gasteiger partial charge is 0.494 e. The third-order valence-corrected chi connectivity index (χ3v) is 3.96. The number of rotatable bonds is 10. The molecule has 0 fully saturated rings. The second-order valence-corrected chi connectivity index (χ2v) is 6.12. The van der Waals surface area contributed by atoms with E-state index in [4.69, 9.17) is 14.0 Å². The molecule has 0 aliphatic rings. The van der Waals surface area contributed by atoms with E-state index in [2.05, 4.69) is 15.5 Å². The lowest BCUT2D eigenvalue weighted by molar-refractivity contribution is -0.121. The molecule has 0 saturated heterocycles. The molecule has 8 heteroatoms. The highest BCUT2D eigenvalue weighted by Gasteiger charge is 2.10. The molecule has 0 atom stereocenters. The van der Waals surface area contributed by atoms with Crippen LogP contribution in [-0.4, -0.2) is 35.8 Å². The summed E-state index contributed by atoms with van der Waals surface area (Å²) in [4.78, 5) is 16.2.